The zero-order valence-corrected chi connectivity index (χ0v) is 24.8. The van der Waals surface area contributed by atoms with Crippen LogP contribution >= 0.6 is 0 Å². The summed E-state index contributed by atoms with van der Waals surface area (Å²) in [7, 11) is 1.69. The minimum Gasteiger partial charge on any atom is -0.497 e. The Morgan fingerprint density at radius 3 is 2.30 bits per heavy atom. The van der Waals surface area contributed by atoms with Crippen molar-refractivity contribution in [2.45, 2.75) is 71.0 Å². The number of carbonyl (C=O) groups excluding carboxylic acids is 1. The summed E-state index contributed by atoms with van der Waals surface area (Å²) < 4.78 is 17.0. The highest BCUT2D eigenvalue weighted by atomic mass is 16.6. The van der Waals surface area contributed by atoms with E-state index in [9.17, 15) is 9.90 Å². The van der Waals surface area contributed by atoms with Crippen molar-refractivity contribution >= 4 is 6.09 Å². The van der Waals surface area contributed by atoms with E-state index in [0.717, 1.165) is 81.8 Å². The normalized spacial score (nSPS) is 18.4. The molecule has 2 fully saturated rings. The minimum absolute atomic E-state index is 0.184. The first-order chi connectivity index (χ1) is 19.2. The number of piperidine rings is 2. The van der Waals surface area contributed by atoms with Crippen LogP contribution in [0.25, 0.3) is 0 Å². The molecule has 2 heterocycles. The van der Waals surface area contributed by atoms with Crippen LogP contribution < -0.4 is 9.47 Å². The summed E-state index contributed by atoms with van der Waals surface area (Å²) in [5.41, 5.74) is 1.93. The van der Waals surface area contributed by atoms with Gasteiger partial charge in [-0.15, -0.1) is 0 Å². The first-order valence-electron chi connectivity index (χ1n) is 14.9. The quantitative estimate of drug-likeness (QED) is 0.415. The molecule has 0 aromatic heterocycles. The highest BCUT2D eigenvalue weighted by Gasteiger charge is 2.32. The van der Waals surface area contributed by atoms with Gasteiger partial charge >= 0.3 is 6.09 Å². The molecular weight excluding hydrogens is 504 g/mol. The van der Waals surface area contributed by atoms with Gasteiger partial charge in [-0.05, 0) is 114 Å². The molecule has 2 aliphatic rings. The van der Waals surface area contributed by atoms with Crippen molar-refractivity contribution in [3.63, 3.8) is 0 Å². The molecule has 0 saturated carbocycles. The average Bonchev–Trinajstić information content (AvgIpc) is 2.95. The Labute approximate surface area is 240 Å². The van der Waals surface area contributed by atoms with Gasteiger partial charge in [-0.3, -0.25) is 0 Å². The maximum atomic E-state index is 12.4. The number of nitrogens with zero attached hydrogens (tertiary/aromatic N) is 2. The van der Waals surface area contributed by atoms with Crippen LogP contribution in [0.3, 0.4) is 0 Å². The minimum atomic E-state index is -0.528. The van der Waals surface area contributed by atoms with Crippen LogP contribution in [-0.4, -0.2) is 79.1 Å². The van der Waals surface area contributed by atoms with Gasteiger partial charge in [0, 0.05) is 19.6 Å². The fourth-order valence-corrected chi connectivity index (χ4v) is 5.98. The second-order valence-corrected chi connectivity index (χ2v) is 12.4. The van der Waals surface area contributed by atoms with Gasteiger partial charge in [-0.2, -0.15) is 0 Å². The molecule has 2 saturated heterocycles. The van der Waals surface area contributed by atoms with E-state index < -0.39 is 11.7 Å². The lowest BCUT2D eigenvalue weighted by molar-refractivity contribution is 0.0116. The number of aliphatic hydroxyl groups is 1. The number of aryl methyl sites for hydroxylation is 2. The van der Waals surface area contributed by atoms with Gasteiger partial charge in [0.05, 0.1) is 7.11 Å². The van der Waals surface area contributed by atoms with Crippen LogP contribution in [0.4, 0.5) is 4.79 Å². The number of likely N-dealkylation sites (tertiary alicyclic amines) is 2. The van der Waals surface area contributed by atoms with E-state index >= 15 is 0 Å². The summed E-state index contributed by atoms with van der Waals surface area (Å²) in [5, 5.41) is 10.8. The van der Waals surface area contributed by atoms with Crippen LogP contribution in [-0.2, 0) is 17.6 Å². The number of β-amino-alcohol motifs (C(OH)–C–C–N with tert-alkyl or cyclic N) is 1. The molecule has 2 aromatic rings. The molecule has 220 valence electrons. The molecule has 2 aliphatic heterocycles. The lowest BCUT2D eigenvalue weighted by Gasteiger charge is -2.40. The number of rotatable bonds is 10. The molecule has 1 amide bonds. The number of amides is 1. The third kappa shape index (κ3) is 9.13. The van der Waals surface area contributed by atoms with Crippen molar-refractivity contribution in [1.82, 2.24) is 9.80 Å². The van der Waals surface area contributed by atoms with Gasteiger partial charge in [-0.25, -0.2) is 4.79 Å². The fraction of sp³-hybridized carbons (Fsp3) is 0.606. The average molecular weight is 553 g/mol. The van der Waals surface area contributed by atoms with E-state index in [-0.39, 0.29) is 6.09 Å². The molecule has 1 N–H and O–H groups in total. The SMILES string of the molecule is COc1cccc(CCc2ccccc2OCC(O)CN2CCC(C3CCN(C(=O)OC(C)(C)C)CC3)CC2)c1. The summed E-state index contributed by atoms with van der Waals surface area (Å²) in [6, 6.07) is 16.3. The molecule has 40 heavy (non-hydrogen) atoms. The Kier molecular flexibility index (Phi) is 10.7. The Balaban J connectivity index is 1.16. The number of methoxy groups -OCH3 is 1. The Bertz CT molecular complexity index is 1070. The third-order valence-electron chi connectivity index (χ3n) is 8.18. The smallest absolute Gasteiger partial charge is 0.410 e. The lowest BCUT2D eigenvalue weighted by Crippen LogP contribution is -2.45. The van der Waals surface area contributed by atoms with Crippen molar-refractivity contribution in [3.8, 4) is 11.5 Å². The molecule has 0 bridgehead atoms. The van der Waals surface area contributed by atoms with Gasteiger partial charge in [0.25, 0.3) is 0 Å². The van der Waals surface area contributed by atoms with Crippen LogP contribution in [0.2, 0.25) is 0 Å². The van der Waals surface area contributed by atoms with Crippen LogP contribution in [0, 0.1) is 11.8 Å². The first kappa shape index (κ1) is 30.2. The second kappa shape index (κ2) is 14.2. The molecule has 1 unspecified atom stereocenters. The van der Waals surface area contributed by atoms with Crippen molar-refractivity contribution < 1.29 is 24.1 Å². The molecule has 4 rings (SSSR count). The Hall–Kier alpha value is -2.77. The Morgan fingerprint density at radius 2 is 1.62 bits per heavy atom. The van der Waals surface area contributed by atoms with Crippen molar-refractivity contribution in [3.05, 3.63) is 59.7 Å². The van der Waals surface area contributed by atoms with E-state index in [1.807, 2.05) is 56.0 Å². The monoisotopic (exact) mass is 552 g/mol. The van der Waals surface area contributed by atoms with Gasteiger partial charge < -0.3 is 29.1 Å². The van der Waals surface area contributed by atoms with E-state index in [0.29, 0.717) is 25.0 Å². The highest BCUT2D eigenvalue weighted by Crippen LogP contribution is 2.33. The molecule has 0 radical (unpaired) electrons. The van der Waals surface area contributed by atoms with E-state index in [1.54, 1.807) is 7.11 Å². The molecular formula is C33H48N2O5. The summed E-state index contributed by atoms with van der Waals surface area (Å²) in [4.78, 5) is 16.6. The van der Waals surface area contributed by atoms with Crippen LogP contribution in [0.5, 0.6) is 11.5 Å². The van der Waals surface area contributed by atoms with Crippen molar-refractivity contribution in [2.75, 3.05) is 46.4 Å². The molecule has 7 nitrogen and oxygen atoms in total. The van der Waals surface area contributed by atoms with Crippen LogP contribution in [0.1, 0.15) is 57.6 Å². The second-order valence-electron chi connectivity index (χ2n) is 12.4. The summed E-state index contributed by atoms with van der Waals surface area (Å²) in [6.07, 6.45) is 5.46. The maximum absolute atomic E-state index is 12.4. The number of para-hydroxylation sites is 1. The summed E-state index contributed by atoms with van der Waals surface area (Å²) in [5.74, 6) is 3.09. The van der Waals surface area contributed by atoms with Gasteiger partial charge in [-0.1, -0.05) is 30.3 Å². The van der Waals surface area contributed by atoms with Crippen LogP contribution in [0.15, 0.2) is 48.5 Å². The number of aliphatic hydroxyl groups excluding tert-OH is 1. The number of ether oxygens (including phenoxy) is 3. The predicted molar refractivity (Wildman–Crippen MR) is 158 cm³/mol. The largest absolute Gasteiger partial charge is 0.497 e. The molecule has 0 spiro atoms. The van der Waals surface area contributed by atoms with E-state index in [2.05, 4.69) is 23.1 Å². The van der Waals surface area contributed by atoms with E-state index in [1.165, 1.54) is 5.56 Å². The standard InChI is InChI=1S/C33H48N2O5/c1-33(2,3)40-32(37)35-20-16-27(17-21-35)26-14-18-34(19-15-26)23-29(36)24-39-31-11-6-5-9-28(31)13-12-25-8-7-10-30(22-25)38-4/h5-11,22,26-27,29,36H,12-21,23-24H2,1-4H3. The zero-order valence-electron chi connectivity index (χ0n) is 24.8. The van der Waals surface area contributed by atoms with Gasteiger partial charge in [0.2, 0.25) is 0 Å². The summed E-state index contributed by atoms with van der Waals surface area (Å²) in [6.45, 7) is 10.3. The molecule has 0 aliphatic carbocycles. The zero-order chi connectivity index (χ0) is 28.5. The van der Waals surface area contributed by atoms with Gasteiger partial charge in [0.1, 0.15) is 29.8 Å². The number of hydrogen-bond donors (Lipinski definition) is 1. The first-order valence-corrected chi connectivity index (χ1v) is 14.9. The number of carbonyl (C=O) groups is 1. The third-order valence-corrected chi connectivity index (χ3v) is 8.18. The summed E-state index contributed by atoms with van der Waals surface area (Å²) >= 11 is 0. The Morgan fingerprint density at radius 1 is 0.950 bits per heavy atom. The van der Waals surface area contributed by atoms with E-state index in [4.69, 9.17) is 14.2 Å². The lowest BCUT2D eigenvalue weighted by atomic mass is 9.79. The molecule has 7 heteroatoms. The maximum Gasteiger partial charge on any atom is 0.410 e. The molecule has 2 aromatic carbocycles. The number of benzene rings is 2. The van der Waals surface area contributed by atoms with Gasteiger partial charge in [0.15, 0.2) is 0 Å². The van der Waals surface area contributed by atoms with Crippen molar-refractivity contribution in [1.29, 1.82) is 0 Å². The topological polar surface area (TPSA) is 71.5 Å². The fourth-order valence-electron chi connectivity index (χ4n) is 5.98. The number of hydrogen-bond acceptors (Lipinski definition) is 6. The molecule has 1 atom stereocenters. The van der Waals surface area contributed by atoms with Crippen molar-refractivity contribution in [2.24, 2.45) is 11.8 Å². The predicted octanol–water partition coefficient (Wildman–Crippen LogP) is 5.58. The highest BCUT2D eigenvalue weighted by molar-refractivity contribution is 5.68.